The highest BCUT2D eigenvalue weighted by atomic mass is 35.5. The van der Waals surface area contributed by atoms with E-state index in [1.165, 1.54) is 5.56 Å². The Morgan fingerprint density at radius 2 is 1.78 bits per heavy atom. The molecule has 0 radical (unpaired) electrons. The SMILES string of the molecule is COc1cc(CN[C@@H](C)c2ccccc2)ccc1OCc1ccc(Cl)nc1. The summed E-state index contributed by atoms with van der Waals surface area (Å²) in [5.41, 5.74) is 3.35. The van der Waals surface area contributed by atoms with Gasteiger partial charge >= 0.3 is 0 Å². The Morgan fingerprint density at radius 3 is 2.48 bits per heavy atom. The number of hydrogen-bond donors (Lipinski definition) is 1. The van der Waals surface area contributed by atoms with Crippen LogP contribution in [0.1, 0.15) is 29.7 Å². The Labute approximate surface area is 165 Å². The molecule has 27 heavy (non-hydrogen) atoms. The minimum Gasteiger partial charge on any atom is -0.493 e. The molecule has 4 nitrogen and oxygen atoms in total. The van der Waals surface area contributed by atoms with Crippen molar-refractivity contribution in [2.24, 2.45) is 0 Å². The summed E-state index contributed by atoms with van der Waals surface area (Å²) >= 11 is 5.81. The van der Waals surface area contributed by atoms with Crippen molar-refractivity contribution in [3.8, 4) is 11.5 Å². The van der Waals surface area contributed by atoms with Crippen molar-refractivity contribution in [3.05, 3.63) is 88.7 Å². The maximum atomic E-state index is 5.88. The molecule has 1 heterocycles. The minimum absolute atomic E-state index is 0.269. The first kappa shape index (κ1) is 19.2. The summed E-state index contributed by atoms with van der Waals surface area (Å²) in [6.45, 7) is 3.31. The van der Waals surface area contributed by atoms with Crippen molar-refractivity contribution in [3.63, 3.8) is 0 Å². The molecule has 0 saturated heterocycles. The summed E-state index contributed by atoms with van der Waals surface area (Å²) in [6.07, 6.45) is 1.71. The Kier molecular flexibility index (Phi) is 6.69. The van der Waals surface area contributed by atoms with Gasteiger partial charge < -0.3 is 14.8 Å². The molecule has 2 aromatic carbocycles. The predicted molar refractivity (Wildman–Crippen MR) is 108 cm³/mol. The Hall–Kier alpha value is -2.56. The van der Waals surface area contributed by atoms with Crippen molar-refractivity contribution >= 4 is 11.6 Å². The minimum atomic E-state index is 0.269. The van der Waals surface area contributed by atoms with Crippen molar-refractivity contribution in [1.29, 1.82) is 0 Å². The zero-order chi connectivity index (χ0) is 19.1. The van der Waals surface area contributed by atoms with Crippen LogP contribution >= 0.6 is 11.6 Å². The van der Waals surface area contributed by atoms with E-state index in [0.717, 1.165) is 17.7 Å². The molecule has 0 spiro atoms. The van der Waals surface area contributed by atoms with E-state index in [0.29, 0.717) is 23.3 Å². The molecule has 0 unspecified atom stereocenters. The van der Waals surface area contributed by atoms with Crippen LogP contribution in [0.2, 0.25) is 5.15 Å². The molecule has 140 valence electrons. The quantitative estimate of drug-likeness (QED) is 0.545. The molecular formula is C22H23ClN2O2. The molecular weight excluding hydrogens is 360 g/mol. The molecule has 0 aliphatic heterocycles. The number of nitrogens with one attached hydrogen (secondary N) is 1. The van der Waals surface area contributed by atoms with E-state index in [1.807, 2.05) is 30.3 Å². The predicted octanol–water partition coefficient (Wildman–Crippen LogP) is 5.17. The van der Waals surface area contributed by atoms with E-state index in [-0.39, 0.29) is 6.04 Å². The van der Waals surface area contributed by atoms with Crippen LogP contribution in [0.5, 0.6) is 11.5 Å². The fourth-order valence-corrected chi connectivity index (χ4v) is 2.84. The van der Waals surface area contributed by atoms with E-state index < -0.39 is 0 Å². The Balaban J connectivity index is 1.60. The zero-order valence-electron chi connectivity index (χ0n) is 15.5. The summed E-state index contributed by atoms with van der Waals surface area (Å²) in [4.78, 5) is 4.06. The number of rotatable bonds is 8. The van der Waals surface area contributed by atoms with Crippen molar-refractivity contribution in [2.45, 2.75) is 26.1 Å². The van der Waals surface area contributed by atoms with Crippen LogP contribution in [0, 0.1) is 0 Å². The van der Waals surface area contributed by atoms with Crippen LogP contribution in [0.3, 0.4) is 0 Å². The van der Waals surface area contributed by atoms with Crippen LogP contribution in [0.25, 0.3) is 0 Å². The summed E-state index contributed by atoms with van der Waals surface area (Å²) < 4.78 is 11.4. The normalized spacial score (nSPS) is 11.8. The zero-order valence-corrected chi connectivity index (χ0v) is 16.2. The van der Waals surface area contributed by atoms with Crippen LogP contribution in [0.4, 0.5) is 0 Å². The topological polar surface area (TPSA) is 43.4 Å². The molecule has 1 aromatic heterocycles. The number of nitrogens with zero attached hydrogens (tertiary/aromatic N) is 1. The Bertz CT molecular complexity index is 854. The van der Waals surface area contributed by atoms with Gasteiger partial charge in [-0.05, 0) is 36.2 Å². The smallest absolute Gasteiger partial charge is 0.161 e. The first-order valence-corrected chi connectivity index (χ1v) is 9.22. The number of aromatic nitrogens is 1. The van der Waals surface area contributed by atoms with Crippen molar-refractivity contribution in [1.82, 2.24) is 10.3 Å². The van der Waals surface area contributed by atoms with Gasteiger partial charge in [0, 0.05) is 24.3 Å². The molecule has 0 saturated carbocycles. The molecule has 0 aliphatic rings. The van der Waals surface area contributed by atoms with Gasteiger partial charge in [-0.2, -0.15) is 0 Å². The monoisotopic (exact) mass is 382 g/mol. The van der Waals surface area contributed by atoms with Crippen molar-refractivity contribution in [2.75, 3.05) is 7.11 Å². The van der Waals surface area contributed by atoms with Gasteiger partial charge in [0.25, 0.3) is 0 Å². The van der Waals surface area contributed by atoms with E-state index in [1.54, 1.807) is 19.4 Å². The third kappa shape index (κ3) is 5.46. The van der Waals surface area contributed by atoms with Crippen molar-refractivity contribution < 1.29 is 9.47 Å². The van der Waals surface area contributed by atoms with E-state index in [4.69, 9.17) is 21.1 Å². The van der Waals surface area contributed by atoms with E-state index >= 15 is 0 Å². The Morgan fingerprint density at radius 1 is 1.00 bits per heavy atom. The van der Waals surface area contributed by atoms with Gasteiger partial charge in [0.2, 0.25) is 0 Å². The molecule has 3 aromatic rings. The molecule has 3 rings (SSSR count). The maximum absolute atomic E-state index is 5.88. The molecule has 0 aliphatic carbocycles. The lowest BCUT2D eigenvalue weighted by Crippen LogP contribution is -2.18. The lowest BCUT2D eigenvalue weighted by atomic mass is 10.1. The number of pyridine rings is 1. The molecule has 0 bridgehead atoms. The summed E-state index contributed by atoms with van der Waals surface area (Å²) in [5.74, 6) is 1.41. The van der Waals surface area contributed by atoms with Crippen LogP contribution in [0.15, 0.2) is 66.9 Å². The lowest BCUT2D eigenvalue weighted by molar-refractivity contribution is 0.284. The van der Waals surface area contributed by atoms with Crippen LogP contribution in [-0.2, 0) is 13.2 Å². The van der Waals surface area contributed by atoms with Crippen LogP contribution < -0.4 is 14.8 Å². The second kappa shape index (κ2) is 9.40. The number of ether oxygens (including phenoxy) is 2. The first-order chi connectivity index (χ1) is 13.2. The molecule has 1 N–H and O–H groups in total. The largest absolute Gasteiger partial charge is 0.493 e. The molecule has 0 amide bonds. The van der Waals surface area contributed by atoms with Gasteiger partial charge in [-0.3, -0.25) is 0 Å². The molecule has 5 heteroatoms. The average molecular weight is 383 g/mol. The third-order valence-corrected chi connectivity index (χ3v) is 4.55. The second-order valence-corrected chi connectivity index (χ2v) is 6.66. The van der Waals surface area contributed by atoms with Gasteiger partial charge in [-0.15, -0.1) is 0 Å². The fraction of sp³-hybridized carbons (Fsp3) is 0.227. The average Bonchev–Trinajstić information content (AvgIpc) is 2.72. The molecule has 0 fully saturated rings. The highest BCUT2D eigenvalue weighted by molar-refractivity contribution is 6.29. The summed E-state index contributed by atoms with van der Waals surface area (Å²) in [7, 11) is 1.65. The van der Waals surface area contributed by atoms with Gasteiger partial charge in [0.05, 0.1) is 7.11 Å². The van der Waals surface area contributed by atoms with Crippen LogP contribution in [-0.4, -0.2) is 12.1 Å². The van der Waals surface area contributed by atoms with Gasteiger partial charge in [0.1, 0.15) is 11.8 Å². The maximum Gasteiger partial charge on any atom is 0.161 e. The van der Waals surface area contributed by atoms with E-state index in [2.05, 4.69) is 41.5 Å². The molecule has 1 atom stereocenters. The van der Waals surface area contributed by atoms with Gasteiger partial charge in [-0.1, -0.05) is 54.1 Å². The standard InChI is InChI=1S/C22H23ClN2O2/c1-16(19-6-4-3-5-7-19)24-13-17-8-10-20(21(12-17)26-2)27-15-18-9-11-22(23)25-14-18/h3-12,14,16,24H,13,15H2,1-2H3/t16-/m0/s1. The van der Waals surface area contributed by atoms with Gasteiger partial charge in [0.15, 0.2) is 11.5 Å². The number of benzene rings is 2. The highest BCUT2D eigenvalue weighted by Crippen LogP contribution is 2.29. The van der Waals surface area contributed by atoms with E-state index in [9.17, 15) is 0 Å². The second-order valence-electron chi connectivity index (χ2n) is 6.28. The first-order valence-electron chi connectivity index (χ1n) is 8.84. The number of methoxy groups -OCH3 is 1. The fourth-order valence-electron chi connectivity index (χ4n) is 2.72. The van der Waals surface area contributed by atoms with Gasteiger partial charge in [-0.25, -0.2) is 4.98 Å². The lowest BCUT2D eigenvalue weighted by Gasteiger charge is -2.16. The number of hydrogen-bond acceptors (Lipinski definition) is 4. The third-order valence-electron chi connectivity index (χ3n) is 4.32. The highest BCUT2D eigenvalue weighted by Gasteiger charge is 2.09. The summed E-state index contributed by atoms with van der Waals surface area (Å²) in [5, 5.41) is 4.00. The number of halogens is 1. The summed E-state index contributed by atoms with van der Waals surface area (Å²) in [6, 6.07) is 20.3.